The van der Waals surface area contributed by atoms with Crippen LogP contribution in [0.4, 0.5) is 0 Å². The van der Waals surface area contributed by atoms with Crippen molar-refractivity contribution in [3.05, 3.63) is 33.8 Å². The summed E-state index contributed by atoms with van der Waals surface area (Å²) in [5, 5.41) is 1.01. The second-order valence-corrected chi connectivity index (χ2v) is 5.76. The minimum absolute atomic E-state index is 0.00760. The molecule has 98 valence electrons. The maximum absolute atomic E-state index is 12.2. The number of halogens is 2. The molecule has 0 aromatic heterocycles. The second-order valence-electron chi connectivity index (χ2n) is 4.95. The van der Waals surface area contributed by atoms with E-state index in [1.165, 1.54) is 0 Å². The Morgan fingerprint density at radius 1 is 1.22 bits per heavy atom. The SMILES string of the molecule is NC1CCCCC1C(=O)Cc1ccc(Cl)c(Cl)c1. The maximum Gasteiger partial charge on any atom is 0.141 e. The molecule has 0 amide bonds. The molecule has 2 unspecified atom stereocenters. The van der Waals surface area contributed by atoms with Crippen LogP contribution in [0.25, 0.3) is 0 Å². The Bertz CT molecular complexity index is 447. The molecule has 18 heavy (non-hydrogen) atoms. The Kier molecular flexibility index (Phi) is 4.66. The standard InChI is InChI=1S/C14H17Cl2NO/c15-11-6-5-9(7-12(11)16)8-14(18)10-3-1-2-4-13(10)17/h5-7,10,13H,1-4,8,17H2. The van der Waals surface area contributed by atoms with Crippen molar-refractivity contribution >= 4 is 29.0 Å². The molecule has 0 heterocycles. The maximum atomic E-state index is 12.2. The third kappa shape index (κ3) is 3.25. The number of Topliss-reactive ketones (excluding diaryl/α,β-unsaturated/α-hetero) is 1. The summed E-state index contributed by atoms with van der Waals surface area (Å²) in [4.78, 5) is 12.2. The summed E-state index contributed by atoms with van der Waals surface area (Å²) >= 11 is 11.8. The lowest BCUT2D eigenvalue weighted by molar-refractivity contribution is -0.123. The van der Waals surface area contributed by atoms with E-state index >= 15 is 0 Å². The second kappa shape index (κ2) is 6.05. The minimum Gasteiger partial charge on any atom is -0.327 e. The number of hydrogen-bond donors (Lipinski definition) is 1. The fourth-order valence-electron chi connectivity index (χ4n) is 2.54. The van der Waals surface area contributed by atoms with Gasteiger partial charge in [0.2, 0.25) is 0 Å². The molecule has 1 aromatic rings. The van der Waals surface area contributed by atoms with Gasteiger partial charge in [0.05, 0.1) is 10.0 Å². The average molecular weight is 286 g/mol. The van der Waals surface area contributed by atoms with Gasteiger partial charge in [0.25, 0.3) is 0 Å². The van der Waals surface area contributed by atoms with Crippen LogP contribution in [0.2, 0.25) is 10.0 Å². The zero-order chi connectivity index (χ0) is 13.1. The quantitative estimate of drug-likeness (QED) is 0.922. The van der Waals surface area contributed by atoms with Crippen LogP contribution in [0.3, 0.4) is 0 Å². The zero-order valence-corrected chi connectivity index (χ0v) is 11.7. The molecule has 0 saturated heterocycles. The molecule has 2 atom stereocenters. The summed E-state index contributed by atoms with van der Waals surface area (Å²) in [6, 6.07) is 5.36. The van der Waals surface area contributed by atoms with E-state index in [1.54, 1.807) is 12.1 Å². The molecule has 0 aliphatic heterocycles. The predicted octanol–water partition coefficient (Wildman–Crippen LogP) is 3.62. The van der Waals surface area contributed by atoms with Crippen LogP contribution in [0.5, 0.6) is 0 Å². The van der Waals surface area contributed by atoms with Crippen LogP contribution in [-0.4, -0.2) is 11.8 Å². The molecule has 1 aliphatic rings. The molecule has 1 aromatic carbocycles. The van der Waals surface area contributed by atoms with Crippen LogP contribution in [0, 0.1) is 5.92 Å². The van der Waals surface area contributed by atoms with Gasteiger partial charge in [-0.05, 0) is 30.5 Å². The average Bonchev–Trinajstić information content (AvgIpc) is 2.34. The molecule has 0 spiro atoms. The van der Waals surface area contributed by atoms with Gasteiger partial charge in [0.15, 0.2) is 0 Å². The molecular weight excluding hydrogens is 269 g/mol. The third-order valence-corrected chi connectivity index (χ3v) is 4.33. The monoisotopic (exact) mass is 285 g/mol. The Balaban J connectivity index is 2.04. The largest absolute Gasteiger partial charge is 0.327 e. The summed E-state index contributed by atoms with van der Waals surface area (Å²) in [5.41, 5.74) is 6.93. The Hall–Kier alpha value is -0.570. The van der Waals surface area contributed by atoms with E-state index in [9.17, 15) is 4.79 Å². The number of nitrogens with two attached hydrogens (primary N) is 1. The van der Waals surface area contributed by atoms with E-state index in [4.69, 9.17) is 28.9 Å². The van der Waals surface area contributed by atoms with Crippen molar-refractivity contribution in [3.63, 3.8) is 0 Å². The van der Waals surface area contributed by atoms with Crippen LogP contribution in [-0.2, 0) is 11.2 Å². The molecule has 0 bridgehead atoms. The number of benzene rings is 1. The van der Waals surface area contributed by atoms with Gasteiger partial charge in [-0.2, -0.15) is 0 Å². The first-order valence-electron chi connectivity index (χ1n) is 6.30. The van der Waals surface area contributed by atoms with E-state index in [2.05, 4.69) is 0 Å². The molecule has 0 radical (unpaired) electrons. The Labute approximate surface area is 117 Å². The topological polar surface area (TPSA) is 43.1 Å². The summed E-state index contributed by atoms with van der Waals surface area (Å²) in [6.45, 7) is 0. The van der Waals surface area contributed by atoms with Gasteiger partial charge in [0.1, 0.15) is 5.78 Å². The van der Waals surface area contributed by atoms with E-state index in [0.717, 1.165) is 31.2 Å². The van der Waals surface area contributed by atoms with Crippen molar-refractivity contribution in [2.45, 2.75) is 38.1 Å². The number of hydrogen-bond acceptors (Lipinski definition) is 2. The normalized spacial score (nSPS) is 23.9. The summed E-state index contributed by atoms with van der Waals surface area (Å²) in [6.07, 6.45) is 4.51. The van der Waals surface area contributed by atoms with Crippen molar-refractivity contribution in [3.8, 4) is 0 Å². The smallest absolute Gasteiger partial charge is 0.141 e. The van der Waals surface area contributed by atoms with Crippen molar-refractivity contribution < 1.29 is 4.79 Å². The lowest BCUT2D eigenvalue weighted by Crippen LogP contribution is -2.38. The Morgan fingerprint density at radius 3 is 2.61 bits per heavy atom. The van der Waals surface area contributed by atoms with Crippen LogP contribution in [0.15, 0.2) is 18.2 Å². The molecule has 4 heteroatoms. The Morgan fingerprint density at radius 2 is 1.94 bits per heavy atom. The number of carbonyl (C=O) groups is 1. The summed E-state index contributed by atoms with van der Waals surface area (Å²) < 4.78 is 0. The van der Waals surface area contributed by atoms with Gasteiger partial charge >= 0.3 is 0 Å². The van der Waals surface area contributed by atoms with Gasteiger partial charge in [-0.1, -0.05) is 42.1 Å². The highest BCUT2D eigenvalue weighted by Gasteiger charge is 2.27. The molecule has 2 nitrogen and oxygen atoms in total. The summed E-state index contributed by atoms with van der Waals surface area (Å²) in [7, 11) is 0. The number of rotatable bonds is 3. The molecule has 1 fully saturated rings. The predicted molar refractivity (Wildman–Crippen MR) is 75.1 cm³/mol. The van der Waals surface area contributed by atoms with Gasteiger partial charge in [-0.25, -0.2) is 0 Å². The van der Waals surface area contributed by atoms with Gasteiger partial charge < -0.3 is 5.73 Å². The van der Waals surface area contributed by atoms with Crippen LogP contribution < -0.4 is 5.73 Å². The fourth-order valence-corrected chi connectivity index (χ4v) is 2.86. The molecular formula is C14H17Cl2NO. The van der Waals surface area contributed by atoms with Crippen LogP contribution >= 0.6 is 23.2 Å². The van der Waals surface area contributed by atoms with Gasteiger partial charge in [-0.3, -0.25) is 4.79 Å². The highest BCUT2D eigenvalue weighted by atomic mass is 35.5. The van der Waals surface area contributed by atoms with Crippen molar-refractivity contribution in [1.82, 2.24) is 0 Å². The third-order valence-electron chi connectivity index (χ3n) is 3.60. The molecule has 1 saturated carbocycles. The van der Waals surface area contributed by atoms with E-state index < -0.39 is 0 Å². The van der Waals surface area contributed by atoms with E-state index in [0.29, 0.717) is 16.5 Å². The first-order valence-corrected chi connectivity index (χ1v) is 7.05. The molecule has 2 N–H and O–H groups in total. The minimum atomic E-state index is 0.00760. The lowest BCUT2D eigenvalue weighted by atomic mass is 9.81. The number of carbonyl (C=O) groups excluding carboxylic acids is 1. The number of ketones is 1. The molecule has 1 aliphatic carbocycles. The highest BCUT2D eigenvalue weighted by Crippen LogP contribution is 2.27. The van der Waals surface area contributed by atoms with Crippen molar-refractivity contribution in [1.29, 1.82) is 0 Å². The molecule has 2 rings (SSSR count). The highest BCUT2D eigenvalue weighted by molar-refractivity contribution is 6.42. The first kappa shape index (κ1) is 13.9. The van der Waals surface area contributed by atoms with Gasteiger partial charge in [0, 0.05) is 18.4 Å². The zero-order valence-electron chi connectivity index (χ0n) is 10.2. The first-order chi connectivity index (χ1) is 8.58. The van der Waals surface area contributed by atoms with E-state index in [1.807, 2.05) is 6.07 Å². The van der Waals surface area contributed by atoms with Crippen molar-refractivity contribution in [2.75, 3.05) is 0 Å². The van der Waals surface area contributed by atoms with E-state index in [-0.39, 0.29) is 17.7 Å². The summed E-state index contributed by atoms with van der Waals surface area (Å²) in [5.74, 6) is 0.230. The lowest BCUT2D eigenvalue weighted by Gasteiger charge is -2.27. The van der Waals surface area contributed by atoms with Gasteiger partial charge in [-0.15, -0.1) is 0 Å². The van der Waals surface area contributed by atoms with Crippen molar-refractivity contribution in [2.24, 2.45) is 11.7 Å². The van der Waals surface area contributed by atoms with Crippen LogP contribution in [0.1, 0.15) is 31.2 Å². The fraction of sp³-hybridized carbons (Fsp3) is 0.500.